The Labute approximate surface area is 277 Å². The van der Waals surface area contributed by atoms with Gasteiger partial charge in [-0.15, -0.1) is 0 Å². The Morgan fingerprint density at radius 2 is 1.49 bits per heavy atom. The van der Waals surface area contributed by atoms with Gasteiger partial charge in [0.2, 0.25) is 0 Å². The van der Waals surface area contributed by atoms with E-state index in [9.17, 15) is 26.4 Å². The molecule has 0 N–H and O–H groups in total. The van der Waals surface area contributed by atoms with Crippen molar-refractivity contribution in [2.75, 3.05) is 17.7 Å². The molecule has 47 heavy (non-hydrogen) atoms. The van der Waals surface area contributed by atoms with Crippen LogP contribution in [0, 0.1) is 5.82 Å². The number of fused-ring (bicyclic) bond motifs is 1. The molecule has 1 aliphatic heterocycles. The lowest BCUT2D eigenvalue weighted by atomic mass is 10.0. The fraction of sp³-hybridized carbons (Fsp3) is 0.143. The lowest BCUT2D eigenvalue weighted by Crippen LogP contribution is -2.56. The van der Waals surface area contributed by atoms with Crippen LogP contribution in [-0.2, 0) is 24.7 Å². The maximum absolute atomic E-state index is 16.3. The summed E-state index contributed by atoms with van der Waals surface area (Å²) in [5.74, 6) is -2.93. The molecular weight excluding hydrogens is 663 g/mol. The Balaban J connectivity index is 1.46. The number of hydrogen-bond donors (Lipinski definition) is 0. The Morgan fingerprint density at radius 3 is 2.17 bits per heavy atom. The minimum absolute atomic E-state index is 0.0235. The summed E-state index contributed by atoms with van der Waals surface area (Å²) in [6.45, 7) is -0.0235. The van der Waals surface area contributed by atoms with Crippen molar-refractivity contribution in [3.05, 3.63) is 126 Å². The average molecular weight is 691 g/mol. The SMILES string of the molecule is CS(=O)(=O)c1c(-c2ccccc2)ccc(N2CCCC(N(C(=O)c3ccccc3)S(=O)(=O)c3ccc4cc(Cl)ccc4c3)C2=O)c1F. The lowest BCUT2D eigenvalue weighted by Gasteiger charge is -2.38. The molecule has 1 atom stereocenters. The van der Waals surface area contributed by atoms with E-state index in [0.717, 1.165) is 11.2 Å². The van der Waals surface area contributed by atoms with Crippen LogP contribution >= 0.6 is 11.6 Å². The first-order valence-corrected chi connectivity index (χ1v) is 18.3. The summed E-state index contributed by atoms with van der Waals surface area (Å²) in [4.78, 5) is 28.5. The maximum Gasteiger partial charge on any atom is 0.268 e. The van der Waals surface area contributed by atoms with E-state index in [-0.39, 0.29) is 41.1 Å². The molecule has 0 radical (unpaired) electrons. The highest BCUT2D eigenvalue weighted by atomic mass is 35.5. The van der Waals surface area contributed by atoms with Crippen LogP contribution in [0.3, 0.4) is 0 Å². The van der Waals surface area contributed by atoms with Gasteiger partial charge < -0.3 is 4.90 Å². The summed E-state index contributed by atoms with van der Waals surface area (Å²) in [6, 6.07) is 26.5. The van der Waals surface area contributed by atoms with Crippen molar-refractivity contribution in [2.24, 2.45) is 0 Å². The molecule has 1 aliphatic rings. The Morgan fingerprint density at radius 1 is 0.851 bits per heavy atom. The molecule has 5 aromatic carbocycles. The van der Waals surface area contributed by atoms with Crippen LogP contribution in [0.4, 0.5) is 10.1 Å². The van der Waals surface area contributed by atoms with Crippen LogP contribution in [0.2, 0.25) is 5.02 Å². The predicted octanol–water partition coefficient (Wildman–Crippen LogP) is 6.73. The van der Waals surface area contributed by atoms with Crippen molar-refractivity contribution < 1.29 is 30.8 Å². The minimum atomic E-state index is -4.66. The number of amides is 2. The molecule has 0 bridgehead atoms. The number of hydrogen-bond acceptors (Lipinski definition) is 6. The number of benzene rings is 5. The lowest BCUT2D eigenvalue weighted by molar-refractivity contribution is -0.123. The second kappa shape index (κ2) is 12.6. The largest absolute Gasteiger partial charge is 0.308 e. The van der Waals surface area contributed by atoms with Crippen molar-refractivity contribution in [3.8, 4) is 11.1 Å². The molecule has 0 aromatic heterocycles. The number of nitrogens with zero attached hydrogens (tertiary/aromatic N) is 2. The summed E-state index contributed by atoms with van der Waals surface area (Å²) in [6.07, 6.45) is 1.06. The Bertz CT molecular complexity index is 2250. The maximum atomic E-state index is 16.3. The quantitative estimate of drug-likeness (QED) is 0.187. The summed E-state index contributed by atoms with van der Waals surface area (Å²) in [5, 5.41) is 1.69. The standard InChI is InChI=1S/C35H28ClFN2O6S2/c1-46(42,43)33-29(23-9-4-2-5-10-23)18-19-30(32(33)37)38-20-8-13-31(35(38)41)39(34(40)24-11-6-3-7-12-24)47(44,45)28-17-15-25-21-27(36)16-14-26(25)22-28/h2-7,9-12,14-19,21-22,31H,8,13,20H2,1H3. The van der Waals surface area contributed by atoms with Gasteiger partial charge in [0, 0.05) is 29.0 Å². The summed E-state index contributed by atoms with van der Waals surface area (Å²) < 4.78 is 71.4. The molecule has 5 aromatic rings. The Kier molecular flexibility index (Phi) is 8.64. The van der Waals surface area contributed by atoms with Crippen molar-refractivity contribution in [3.63, 3.8) is 0 Å². The van der Waals surface area contributed by atoms with Gasteiger partial charge in [0.05, 0.1) is 10.6 Å². The molecule has 1 fully saturated rings. The number of carbonyl (C=O) groups is 2. The van der Waals surface area contributed by atoms with Gasteiger partial charge in [0.25, 0.3) is 21.8 Å². The van der Waals surface area contributed by atoms with Gasteiger partial charge in [-0.25, -0.2) is 25.5 Å². The van der Waals surface area contributed by atoms with Crippen LogP contribution < -0.4 is 4.90 Å². The first-order valence-electron chi connectivity index (χ1n) is 14.6. The molecule has 8 nitrogen and oxygen atoms in total. The van der Waals surface area contributed by atoms with Crippen LogP contribution in [0.5, 0.6) is 0 Å². The third-order valence-corrected chi connectivity index (χ3v) is 11.2. The summed E-state index contributed by atoms with van der Waals surface area (Å²) in [7, 11) is -8.79. The monoisotopic (exact) mass is 690 g/mol. The van der Waals surface area contributed by atoms with Crippen LogP contribution in [0.1, 0.15) is 23.2 Å². The Hall–Kier alpha value is -4.58. The van der Waals surface area contributed by atoms with Crippen molar-refractivity contribution >= 4 is 59.7 Å². The number of halogens is 2. The molecule has 2 amide bonds. The van der Waals surface area contributed by atoms with E-state index in [4.69, 9.17) is 11.6 Å². The molecule has 1 heterocycles. The van der Waals surface area contributed by atoms with E-state index in [1.54, 1.807) is 72.8 Å². The van der Waals surface area contributed by atoms with Gasteiger partial charge in [-0.2, -0.15) is 0 Å². The highest BCUT2D eigenvalue weighted by Crippen LogP contribution is 2.37. The molecule has 0 saturated carbocycles. The first-order chi connectivity index (χ1) is 22.4. The normalized spacial score (nSPS) is 15.5. The fourth-order valence-electron chi connectivity index (χ4n) is 5.87. The summed E-state index contributed by atoms with van der Waals surface area (Å²) in [5.41, 5.74) is 0.291. The van der Waals surface area contributed by atoms with Gasteiger partial charge >= 0.3 is 0 Å². The molecule has 12 heteroatoms. The van der Waals surface area contributed by atoms with E-state index < -0.39 is 48.4 Å². The zero-order chi connectivity index (χ0) is 33.5. The van der Waals surface area contributed by atoms with Crippen molar-refractivity contribution in [1.29, 1.82) is 0 Å². The van der Waals surface area contributed by atoms with Crippen molar-refractivity contribution in [1.82, 2.24) is 4.31 Å². The minimum Gasteiger partial charge on any atom is -0.308 e. The van der Waals surface area contributed by atoms with Gasteiger partial charge in [0.1, 0.15) is 10.9 Å². The van der Waals surface area contributed by atoms with Gasteiger partial charge in [-0.05, 0) is 71.6 Å². The van der Waals surface area contributed by atoms with Crippen LogP contribution in [0.15, 0.2) is 119 Å². The van der Waals surface area contributed by atoms with Crippen molar-refractivity contribution in [2.45, 2.75) is 28.7 Å². The zero-order valence-corrected chi connectivity index (χ0v) is 27.4. The van der Waals surface area contributed by atoms with Gasteiger partial charge in [0.15, 0.2) is 15.7 Å². The van der Waals surface area contributed by atoms with Crippen LogP contribution in [0.25, 0.3) is 21.9 Å². The smallest absolute Gasteiger partial charge is 0.268 e. The molecular formula is C35H28ClFN2O6S2. The van der Waals surface area contributed by atoms with E-state index in [2.05, 4.69) is 0 Å². The molecule has 1 unspecified atom stereocenters. The highest BCUT2D eigenvalue weighted by Gasteiger charge is 2.44. The van der Waals surface area contributed by atoms with E-state index in [1.807, 2.05) is 0 Å². The molecule has 0 spiro atoms. The molecule has 240 valence electrons. The topological polar surface area (TPSA) is 109 Å². The van der Waals surface area contributed by atoms with Crippen LogP contribution in [-0.4, -0.2) is 51.8 Å². The first kappa shape index (κ1) is 32.4. The number of sulfone groups is 1. The molecule has 0 aliphatic carbocycles. The number of anilines is 1. The number of sulfonamides is 1. The third-order valence-electron chi connectivity index (χ3n) is 8.07. The average Bonchev–Trinajstić information content (AvgIpc) is 3.05. The number of piperidine rings is 1. The van der Waals surface area contributed by atoms with Gasteiger partial charge in [-0.3, -0.25) is 9.59 Å². The molecule has 6 rings (SSSR count). The van der Waals surface area contributed by atoms with E-state index in [1.165, 1.54) is 36.4 Å². The second-order valence-corrected chi connectivity index (χ2v) is 15.4. The zero-order valence-electron chi connectivity index (χ0n) is 25.0. The van der Waals surface area contributed by atoms with E-state index >= 15 is 4.39 Å². The summed E-state index contributed by atoms with van der Waals surface area (Å²) >= 11 is 6.10. The van der Waals surface area contributed by atoms with Gasteiger partial charge in [-0.1, -0.05) is 78.3 Å². The second-order valence-electron chi connectivity index (χ2n) is 11.2. The van der Waals surface area contributed by atoms with E-state index in [0.29, 0.717) is 25.7 Å². The highest BCUT2D eigenvalue weighted by molar-refractivity contribution is 7.91. The number of rotatable bonds is 7. The number of carbonyl (C=O) groups excluding carboxylic acids is 2. The predicted molar refractivity (Wildman–Crippen MR) is 179 cm³/mol. The third kappa shape index (κ3) is 6.14. The molecule has 1 saturated heterocycles. The fourth-order valence-corrected chi connectivity index (χ4v) is 8.66.